The third-order valence-corrected chi connectivity index (χ3v) is 6.44. The molecule has 1 saturated carbocycles. The zero-order chi connectivity index (χ0) is 15.7. The summed E-state index contributed by atoms with van der Waals surface area (Å²) in [4.78, 5) is 25.5. The minimum atomic E-state index is -3.05. The molecule has 1 amide bonds. The molecule has 1 N–H and O–H groups in total. The summed E-state index contributed by atoms with van der Waals surface area (Å²) in [7, 11) is -3.05. The summed E-state index contributed by atoms with van der Waals surface area (Å²) in [6.07, 6.45) is 3.12. The fraction of sp³-hybridized carbons (Fsp3) is 0.857. The summed E-state index contributed by atoms with van der Waals surface area (Å²) in [5.41, 5.74) is -0.916. The van der Waals surface area contributed by atoms with Crippen LogP contribution in [0.5, 0.6) is 0 Å². The Hall–Kier alpha value is -1.11. The first-order valence-electron chi connectivity index (χ1n) is 7.53. The van der Waals surface area contributed by atoms with Gasteiger partial charge in [0, 0.05) is 19.0 Å². The van der Waals surface area contributed by atoms with Crippen molar-refractivity contribution in [2.45, 2.75) is 51.5 Å². The molecule has 0 radical (unpaired) electrons. The quantitative estimate of drug-likeness (QED) is 0.791. The number of amides is 1. The Kier molecular flexibility index (Phi) is 4.60. The monoisotopic (exact) mass is 317 g/mol. The lowest BCUT2D eigenvalue weighted by Crippen LogP contribution is -2.47. The number of carboxylic acid groups (broad SMARTS) is 1. The van der Waals surface area contributed by atoms with E-state index in [9.17, 15) is 23.1 Å². The predicted molar refractivity (Wildman–Crippen MR) is 77.6 cm³/mol. The topological polar surface area (TPSA) is 91.8 Å². The predicted octanol–water partition coefficient (Wildman–Crippen LogP) is 1.06. The van der Waals surface area contributed by atoms with Crippen LogP contribution in [0.1, 0.15) is 45.4 Å². The molecule has 0 spiro atoms. The maximum absolute atomic E-state index is 12.5. The van der Waals surface area contributed by atoms with Gasteiger partial charge in [-0.05, 0) is 25.7 Å². The average molecular weight is 317 g/mol. The van der Waals surface area contributed by atoms with Crippen LogP contribution in [0, 0.1) is 5.41 Å². The highest BCUT2D eigenvalue weighted by molar-refractivity contribution is 7.91. The Morgan fingerprint density at radius 1 is 1.33 bits per heavy atom. The lowest BCUT2D eigenvalue weighted by Gasteiger charge is -2.39. The molecule has 120 valence electrons. The summed E-state index contributed by atoms with van der Waals surface area (Å²) in [6.45, 7) is 2.43. The van der Waals surface area contributed by atoms with Crippen LogP contribution in [0.15, 0.2) is 0 Å². The van der Waals surface area contributed by atoms with Crippen LogP contribution in [0.4, 0.5) is 0 Å². The third kappa shape index (κ3) is 3.39. The van der Waals surface area contributed by atoms with E-state index in [-0.39, 0.29) is 29.9 Å². The number of rotatable bonds is 6. The second-order valence-electron chi connectivity index (χ2n) is 6.26. The van der Waals surface area contributed by atoms with E-state index in [0.29, 0.717) is 25.8 Å². The van der Waals surface area contributed by atoms with Crippen LogP contribution in [0.3, 0.4) is 0 Å². The summed E-state index contributed by atoms with van der Waals surface area (Å²) >= 11 is 0. The second kappa shape index (κ2) is 5.94. The number of aliphatic carboxylic acids is 1. The van der Waals surface area contributed by atoms with Gasteiger partial charge in [0.25, 0.3) is 0 Å². The van der Waals surface area contributed by atoms with E-state index in [1.807, 2.05) is 6.92 Å². The number of hydrogen-bond donors (Lipinski definition) is 1. The fourth-order valence-corrected chi connectivity index (χ4v) is 4.96. The van der Waals surface area contributed by atoms with Crippen LogP contribution < -0.4 is 0 Å². The third-order valence-electron chi connectivity index (χ3n) is 4.69. The van der Waals surface area contributed by atoms with Crippen molar-refractivity contribution >= 4 is 21.7 Å². The van der Waals surface area contributed by atoms with E-state index in [0.717, 1.165) is 12.8 Å². The first-order chi connectivity index (χ1) is 9.80. The highest BCUT2D eigenvalue weighted by Crippen LogP contribution is 2.44. The summed E-state index contributed by atoms with van der Waals surface area (Å²) in [5.74, 6) is -0.979. The van der Waals surface area contributed by atoms with Crippen molar-refractivity contribution in [1.82, 2.24) is 4.90 Å². The molecule has 2 fully saturated rings. The molecule has 1 aliphatic carbocycles. The van der Waals surface area contributed by atoms with Gasteiger partial charge in [-0.2, -0.15) is 0 Å². The molecular formula is C14H23NO5S. The van der Waals surface area contributed by atoms with Crippen LogP contribution in [-0.4, -0.2) is 54.4 Å². The lowest BCUT2D eigenvalue weighted by molar-refractivity contribution is -0.160. The van der Waals surface area contributed by atoms with Gasteiger partial charge >= 0.3 is 5.97 Å². The van der Waals surface area contributed by atoms with E-state index in [1.54, 1.807) is 4.90 Å². The van der Waals surface area contributed by atoms with E-state index in [1.165, 1.54) is 0 Å². The van der Waals surface area contributed by atoms with Gasteiger partial charge in [-0.25, -0.2) is 8.42 Å². The van der Waals surface area contributed by atoms with Crippen molar-refractivity contribution < 1.29 is 23.1 Å². The number of carbonyl (C=O) groups is 2. The Morgan fingerprint density at radius 2 is 2.00 bits per heavy atom. The van der Waals surface area contributed by atoms with Crippen LogP contribution in [0.2, 0.25) is 0 Å². The molecule has 1 aliphatic heterocycles. The molecule has 6 nitrogen and oxygen atoms in total. The smallest absolute Gasteiger partial charge is 0.310 e. The minimum Gasteiger partial charge on any atom is -0.481 e. The molecule has 2 aliphatic rings. The van der Waals surface area contributed by atoms with Crippen LogP contribution >= 0.6 is 0 Å². The van der Waals surface area contributed by atoms with Crippen molar-refractivity contribution in [2.75, 3.05) is 18.1 Å². The highest BCUT2D eigenvalue weighted by atomic mass is 32.2. The normalized spacial score (nSPS) is 26.0. The van der Waals surface area contributed by atoms with Crippen LogP contribution in [-0.2, 0) is 19.4 Å². The first-order valence-corrected chi connectivity index (χ1v) is 9.35. The van der Waals surface area contributed by atoms with Crippen molar-refractivity contribution in [1.29, 1.82) is 0 Å². The number of carboxylic acids is 1. The van der Waals surface area contributed by atoms with Crippen molar-refractivity contribution in [2.24, 2.45) is 5.41 Å². The standard InChI is InChI=1S/C14H23NO5S/c1-2-7-15(11-4-8-21(19,20)10-11)12(16)9-14(13(17)18)5-3-6-14/h11H,2-10H2,1H3,(H,17,18). The second-order valence-corrected chi connectivity index (χ2v) is 8.49. The SMILES string of the molecule is CCCN(C(=O)CC1(C(=O)O)CCC1)C1CCS(=O)(=O)C1. The molecular weight excluding hydrogens is 294 g/mol. The van der Waals surface area contributed by atoms with Crippen LogP contribution in [0.25, 0.3) is 0 Å². The molecule has 1 unspecified atom stereocenters. The largest absolute Gasteiger partial charge is 0.481 e. The van der Waals surface area contributed by atoms with Gasteiger partial charge < -0.3 is 10.0 Å². The maximum atomic E-state index is 12.5. The molecule has 2 rings (SSSR count). The molecule has 1 saturated heterocycles. The average Bonchev–Trinajstić information content (AvgIpc) is 2.70. The van der Waals surface area contributed by atoms with Gasteiger partial charge in [0.05, 0.1) is 16.9 Å². The molecule has 0 aromatic carbocycles. The summed E-state index contributed by atoms with van der Waals surface area (Å²) < 4.78 is 23.2. The van der Waals surface area contributed by atoms with Gasteiger partial charge in [-0.3, -0.25) is 9.59 Å². The maximum Gasteiger partial charge on any atom is 0.310 e. The van der Waals surface area contributed by atoms with Gasteiger partial charge in [0.1, 0.15) is 0 Å². The molecule has 0 bridgehead atoms. The van der Waals surface area contributed by atoms with E-state index < -0.39 is 21.2 Å². The van der Waals surface area contributed by atoms with Gasteiger partial charge in [-0.15, -0.1) is 0 Å². The Morgan fingerprint density at radius 3 is 2.38 bits per heavy atom. The lowest BCUT2D eigenvalue weighted by atomic mass is 9.66. The van der Waals surface area contributed by atoms with E-state index in [4.69, 9.17) is 0 Å². The Bertz CT molecular complexity index is 523. The zero-order valence-electron chi connectivity index (χ0n) is 12.4. The molecule has 1 atom stereocenters. The molecule has 0 aromatic heterocycles. The van der Waals surface area contributed by atoms with Gasteiger partial charge in [0.2, 0.25) is 5.91 Å². The Balaban J connectivity index is 2.07. The van der Waals surface area contributed by atoms with Crippen molar-refractivity contribution in [3.8, 4) is 0 Å². The fourth-order valence-electron chi connectivity index (χ4n) is 3.23. The molecule has 0 aromatic rings. The number of nitrogens with zero attached hydrogens (tertiary/aromatic N) is 1. The number of sulfone groups is 1. The number of carbonyl (C=O) groups excluding carboxylic acids is 1. The van der Waals surface area contributed by atoms with Crippen molar-refractivity contribution in [3.05, 3.63) is 0 Å². The minimum absolute atomic E-state index is 0.00111. The summed E-state index contributed by atoms with van der Waals surface area (Å²) in [6, 6.07) is -0.284. The number of hydrogen-bond acceptors (Lipinski definition) is 4. The first kappa shape index (κ1) is 16.3. The molecule has 1 heterocycles. The van der Waals surface area contributed by atoms with E-state index in [2.05, 4.69) is 0 Å². The van der Waals surface area contributed by atoms with Gasteiger partial charge in [0.15, 0.2) is 9.84 Å². The Labute approximate surface area is 125 Å². The molecule has 7 heteroatoms. The van der Waals surface area contributed by atoms with Gasteiger partial charge in [-0.1, -0.05) is 13.3 Å². The van der Waals surface area contributed by atoms with E-state index >= 15 is 0 Å². The highest BCUT2D eigenvalue weighted by Gasteiger charge is 2.47. The van der Waals surface area contributed by atoms with Crippen molar-refractivity contribution in [3.63, 3.8) is 0 Å². The summed E-state index contributed by atoms with van der Waals surface area (Å²) in [5, 5.41) is 9.33. The molecule has 21 heavy (non-hydrogen) atoms. The zero-order valence-corrected chi connectivity index (χ0v) is 13.2.